The van der Waals surface area contributed by atoms with Crippen LogP contribution in [0.15, 0.2) is 41.6 Å². The highest BCUT2D eigenvalue weighted by Gasteiger charge is 2.06. The molecule has 0 saturated heterocycles. The van der Waals surface area contributed by atoms with Crippen LogP contribution in [-0.2, 0) is 7.05 Å². The Bertz CT molecular complexity index is 592. The summed E-state index contributed by atoms with van der Waals surface area (Å²) in [5.41, 5.74) is 0.0417. The smallest absolute Gasteiger partial charge is 0.306 e. The summed E-state index contributed by atoms with van der Waals surface area (Å²) < 4.78 is 1.32. The van der Waals surface area contributed by atoms with Crippen LogP contribution in [0.5, 0.6) is 0 Å². The molecule has 0 bridgehead atoms. The van der Waals surface area contributed by atoms with Crippen LogP contribution >= 0.6 is 0 Å². The number of pyridine rings is 1. The van der Waals surface area contributed by atoms with E-state index in [1.807, 2.05) is 0 Å². The number of nitrogens with zero attached hydrogens (tertiary/aromatic N) is 3. The highest BCUT2D eigenvalue weighted by atomic mass is 16.2. The number of amides is 1. The van der Waals surface area contributed by atoms with Gasteiger partial charge in [-0.05, 0) is 18.2 Å². The highest BCUT2D eigenvalue weighted by molar-refractivity contribution is 6.03. The first-order valence-electron chi connectivity index (χ1n) is 4.92. The summed E-state index contributed by atoms with van der Waals surface area (Å²) in [5.74, 6) is -0.0944. The molecular weight excluding hydrogens is 220 g/mol. The molecule has 0 fully saturated rings. The first kappa shape index (κ1) is 11.0. The van der Waals surface area contributed by atoms with Crippen molar-refractivity contribution < 1.29 is 4.79 Å². The Morgan fingerprint density at radius 1 is 1.29 bits per heavy atom. The lowest BCUT2D eigenvalue weighted by atomic mass is 10.2. The lowest BCUT2D eigenvalue weighted by Gasteiger charge is -2.04. The molecule has 2 aromatic heterocycles. The molecule has 17 heavy (non-hydrogen) atoms. The van der Waals surface area contributed by atoms with E-state index in [-0.39, 0.29) is 11.7 Å². The Labute approximate surface area is 97.0 Å². The molecule has 0 atom stereocenters. The zero-order chi connectivity index (χ0) is 12.3. The van der Waals surface area contributed by atoms with Crippen molar-refractivity contribution in [2.24, 2.45) is 7.05 Å². The van der Waals surface area contributed by atoms with Crippen LogP contribution in [0, 0.1) is 0 Å². The average Bonchev–Trinajstić information content (AvgIpc) is 2.35. The van der Waals surface area contributed by atoms with Gasteiger partial charge in [0.15, 0.2) is 0 Å². The number of hydrogen-bond donors (Lipinski definition) is 1. The number of hydrogen-bond acceptors (Lipinski definition) is 4. The molecule has 0 aliphatic rings. The molecule has 2 heterocycles. The van der Waals surface area contributed by atoms with E-state index >= 15 is 0 Å². The molecular formula is C11H10N4O2. The second-order valence-corrected chi connectivity index (χ2v) is 3.40. The van der Waals surface area contributed by atoms with Crippen LogP contribution < -0.4 is 11.0 Å². The minimum atomic E-state index is -0.419. The van der Waals surface area contributed by atoms with E-state index in [0.717, 1.165) is 0 Å². The molecule has 1 amide bonds. The normalized spacial score (nSPS) is 9.94. The van der Waals surface area contributed by atoms with Gasteiger partial charge in [0.25, 0.3) is 5.91 Å². The van der Waals surface area contributed by atoms with Crippen molar-refractivity contribution in [2.45, 2.75) is 0 Å². The van der Waals surface area contributed by atoms with E-state index in [0.29, 0.717) is 5.56 Å². The number of carbonyl (C=O) groups is 1. The SMILES string of the molecule is Cn1ccc(NC(=O)c2ccncc2)nc1=O. The summed E-state index contributed by atoms with van der Waals surface area (Å²) in [6.45, 7) is 0. The molecule has 0 aromatic carbocycles. The van der Waals surface area contributed by atoms with Gasteiger partial charge in [-0.2, -0.15) is 4.98 Å². The van der Waals surface area contributed by atoms with Gasteiger partial charge in [-0.15, -0.1) is 0 Å². The van der Waals surface area contributed by atoms with Gasteiger partial charge in [0, 0.05) is 31.2 Å². The number of carbonyl (C=O) groups excluding carboxylic acids is 1. The summed E-state index contributed by atoms with van der Waals surface area (Å²) in [6, 6.07) is 4.72. The molecule has 0 aliphatic carbocycles. The highest BCUT2D eigenvalue weighted by Crippen LogP contribution is 2.02. The van der Waals surface area contributed by atoms with Crippen molar-refractivity contribution in [3.63, 3.8) is 0 Å². The second kappa shape index (κ2) is 4.56. The van der Waals surface area contributed by atoms with E-state index in [4.69, 9.17) is 0 Å². The van der Waals surface area contributed by atoms with Crippen molar-refractivity contribution in [1.82, 2.24) is 14.5 Å². The third kappa shape index (κ3) is 2.54. The summed E-state index contributed by atoms with van der Waals surface area (Å²) in [4.78, 5) is 30.5. The van der Waals surface area contributed by atoms with Crippen molar-refractivity contribution in [2.75, 3.05) is 5.32 Å². The molecule has 0 aliphatic heterocycles. The molecule has 6 heteroatoms. The maximum Gasteiger partial charge on any atom is 0.349 e. The largest absolute Gasteiger partial charge is 0.349 e. The van der Waals surface area contributed by atoms with Crippen molar-refractivity contribution in [3.8, 4) is 0 Å². The minimum absolute atomic E-state index is 0.231. The monoisotopic (exact) mass is 230 g/mol. The summed E-state index contributed by atoms with van der Waals surface area (Å²) in [6.07, 6.45) is 4.58. The Hall–Kier alpha value is -2.50. The van der Waals surface area contributed by atoms with E-state index < -0.39 is 5.69 Å². The van der Waals surface area contributed by atoms with Gasteiger partial charge in [-0.25, -0.2) is 4.79 Å². The van der Waals surface area contributed by atoms with Gasteiger partial charge >= 0.3 is 5.69 Å². The Morgan fingerprint density at radius 3 is 2.65 bits per heavy atom. The van der Waals surface area contributed by atoms with Crippen LogP contribution in [-0.4, -0.2) is 20.4 Å². The van der Waals surface area contributed by atoms with Crippen molar-refractivity contribution in [1.29, 1.82) is 0 Å². The molecule has 2 aromatic rings. The Morgan fingerprint density at radius 2 is 2.00 bits per heavy atom. The number of aryl methyl sites for hydroxylation is 1. The van der Waals surface area contributed by atoms with Crippen LogP contribution in [0.25, 0.3) is 0 Å². The van der Waals surface area contributed by atoms with Crippen molar-refractivity contribution in [3.05, 3.63) is 52.8 Å². The van der Waals surface area contributed by atoms with Gasteiger partial charge in [0.05, 0.1) is 0 Å². The summed E-state index contributed by atoms with van der Waals surface area (Å²) in [7, 11) is 1.59. The average molecular weight is 230 g/mol. The van der Waals surface area contributed by atoms with Gasteiger partial charge in [-0.3, -0.25) is 9.78 Å². The second-order valence-electron chi connectivity index (χ2n) is 3.40. The fourth-order valence-corrected chi connectivity index (χ4v) is 1.23. The Balaban J connectivity index is 2.19. The zero-order valence-electron chi connectivity index (χ0n) is 9.12. The van der Waals surface area contributed by atoms with Crippen LogP contribution in [0.2, 0.25) is 0 Å². The number of aromatic nitrogens is 3. The number of anilines is 1. The fraction of sp³-hybridized carbons (Fsp3) is 0.0909. The van der Waals surface area contributed by atoms with Gasteiger partial charge in [0.1, 0.15) is 5.82 Å². The van der Waals surface area contributed by atoms with Gasteiger partial charge in [0.2, 0.25) is 0 Å². The number of nitrogens with one attached hydrogen (secondary N) is 1. The first-order valence-corrected chi connectivity index (χ1v) is 4.92. The number of rotatable bonds is 2. The van der Waals surface area contributed by atoms with E-state index in [1.165, 1.54) is 23.2 Å². The maximum atomic E-state index is 11.7. The zero-order valence-corrected chi connectivity index (χ0v) is 9.12. The molecule has 86 valence electrons. The van der Waals surface area contributed by atoms with Crippen LogP contribution in [0.3, 0.4) is 0 Å². The fourth-order valence-electron chi connectivity index (χ4n) is 1.23. The van der Waals surface area contributed by atoms with Gasteiger partial charge < -0.3 is 9.88 Å². The first-order chi connectivity index (χ1) is 8.16. The lowest BCUT2D eigenvalue weighted by Crippen LogP contribution is -2.22. The molecule has 2 rings (SSSR count). The van der Waals surface area contributed by atoms with Crippen LogP contribution in [0.1, 0.15) is 10.4 Å². The summed E-state index contributed by atoms with van der Waals surface area (Å²) >= 11 is 0. The maximum absolute atomic E-state index is 11.7. The third-order valence-corrected chi connectivity index (χ3v) is 2.16. The lowest BCUT2D eigenvalue weighted by molar-refractivity contribution is 0.102. The van der Waals surface area contributed by atoms with Gasteiger partial charge in [-0.1, -0.05) is 0 Å². The molecule has 0 radical (unpaired) electrons. The van der Waals surface area contributed by atoms with E-state index in [1.54, 1.807) is 25.2 Å². The topological polar surface area (TPSA) is 76.9 Å². The van der Waals surface area contributed by atoms with E-state index in [2.05, 4.69) is 15.3 Å². The van der Waals surface area contributed by atoms with Crippen LogP contribution in [0.4, 0.5) is 5.82 Å². The molecule has 0 spiro atoms. The quantitative estimate of drug-likeness (QED) is 0.811. The standard InChI is InChI=1S/C11H10N4O2/c1-15-7-4-9(14-11(15)17)13-10(16)8-2-5-12-6-3-8/h2-7H,1H3,(H,13,14,16,17). The molecule has 6 nitrogen and oxygen atoms in total. The van der Waals surface area contributed by atoms with E-state index in [9.17, 15) is 9.59 Å². The molecule has 1 N–H and O–H groups in total. The minimum Gasteiger partial charge on any atom is -0.306 e. The molecule has 0 saturated carbocycles. The third-order valence-electron chi connectivity index (χ3n) is 2.16. The van der Waals surface area contributed by atoms with Crippen molar-refractivity contribution >= 4 is 11.7 Å². The molecule has 0 unspecified atom stereocenters. The Kier molecular flexibility index (Phi) is 2.95. The predicted molar refractivity (Wildman–Crippen MR) is 61.7 cm³/mol. The summed E-state index contributed by atoms with van der Waals surface area (Å²) in [5, 5.41) is 2.54. The predicted octanol–water partition coefficient (Wildman–Crippen LogP) is 0.428.